The monoisotopic (exact) mass is 285 g/mol. The molecule has 0 heterocycles. The van der Waals surface area contributed by atoms with Crippen molar-refractivity contribution in [1.29, 1.82) is 5.41 Å². The normalized spacial score (nSPS) is 11.1. The third-order valence-corrected chi connectivity index (χ3v) is 2.88. The molecule has 1 amide bonds. The largest absolute Gasteiger partial charge is 0.370 e. The van der Waals surface area contributed by atoms with Gasteiger partial charge in [0.1, 0.15) is 0 Å². The number of amides is 1. The predicted molar refractivity (Wildman–Crippen MR) is 88.7 cm³/mol. The summed E-state index contributed by atoms with van der Waals surface area (Å²) in [6, 6.07) is 7.91. The molecule has 0 saturated carbocycles. The second-order valence-corrected chi connectivity index (χ2v) is 4.80. The first-order chi connectivity index (χ1) is 10.1. The van der Waals surface area contributed by atoms with Crippen molar-refractivity contribution in [3.63, 3.8) is 0 Å². The van der Waals surface area contributed by atoms with Gasteiger partial charge >= 0.3 is 0 Å². The molecule has 4 N–H and O–H groups in total. The van der Waals surface area contributed by atoms with Gasteiger partial charge in [0.25, 0.3) is 5.91 Å². The number of hydrogen-bond acceptors (Lipinski definition) is 2. The van der Waals surface area contributed by atoms with E-state index in [0.717, 1.165) is 17.5 Å². The molecule has 112 valence electrons. The number of allylic oxidation sites excluding steroid dienone is 1. The van der Waals surface area contributed by atoms with Crippen LogP contribution in [0, 0.1) is 5.41 Å². The average molecular weight is 285 g/mol. The third kappa shape index (κ3) is 7.72. The fourth-order valence-corrected chi connectivity index (χ4v) is 1.84. The number of carbonyl (C=O) groups is 1. The molecule has 21 heavy (non-hydrogen) atoms. The molecule has 4 nitrogen and oxygen atoms in total. The highest BCUT2D eigenvalue weighted by molar-refractivity contribution is 6.02. The van der Waals surface area contributed by atoms with Crippen LogP contribution in [0.25, 0.3) is 12.2 Å². The summed E-state index contributed by atoms with van der Waals surface area (Å²) in [5, 5.41) is 9.17. The highest BCUT2D eigenvalue weighted by atomic mass is 16.1. The van der Waals surface area contributed by atoms with Gasteiger partial charge in [-0.3, -0.25) is 15.5 Å². The highest BCUT2D eigenvalue weighted by Gasteiger charge is 1.96. The molecular formula is C17H23N3O. The smallest absolute Gasteiger partial charge is 0.250 e. The molecule has 0 unspecified atom stereocenters. The molecule has 0 aromatic heterocycles. The van der Waals surface area contributed by atoms with Crippen LogP contribution in [0.2, 0.25) is 0 Å². The lowest BCUT2D eigenvalue weighted by atomic mass is 10.1. The van der Waals surface area contributed by atoms with E-state index in [4.69, 9.17) is 11.1 Å². The van der Waals surface area contributed by atoms with Crippen LogP contribution in [-0.2, 0) is 4.79 Å². The van der Waals surface area contributed by atoms with Crippen LogP contribution in [0.4, 0.5) is 0 Å². The summed E-state index contributed by atoms with van der Waals surface area (Å²) in [6.45, 7) is 2.20. The van der Waals surface area contributed by atoms with Gasteiger partial charge in [-0.15, -0.1) is 0 Å². The minimum absolute atomic E-state index is 0.353. The molecule has 0 aliphatic rings. The Balaban J connectivity index is 2.57. The molecule has 1 aromatic rings. The fourth-order valence-electron chi connectivity index (χ4n) is 1.84. The molecule has 0 radical (unpaired) electrons. The zero-order valence-corrected chi connectivity index (χ0v) is 12.4. The van der Waals surface area contributed by atoms with E-state index >= 15 is 0 Å². The first kappa shape index (κ1) is 16.7. The van der Waals surface area contributed by atoms with Crippen molar-refractivity contribution in [2.75, 3.05) is 0 Å². The first-order valence-corrected chi connectivity index (χ1v) is 7.21. The molecule has 4 heteroatoms. The lowest BCUT2D eigenvalue weighted by Gasteiger charge is -1.99. The summed E-state index contributed by atoms with van der Waals surface area (Å²) >= 11 is 0. The van der Waals surface area contributed by atoms with Gasteiger partial charge in [-0.2, -0.15) is 0 Å². The summed E-state index contributed by atoms with van der Waals surface area (Å²) < 4.78 is 0. The molecule has 0 spiro atoms. The molecule has 0 atom stereocenters. The molecule has 0 aliphatic heterocycles. The molecular weight excluding hydrogens is 262 g/mol. The lowest BCUT2D eigenvalue weighted by molar-refractivity contribution is -0.115. The Kier molecular flexibility index (Phi) is 7.58. The Hall–Kier alpha value is -2.36. The number of hydrogen-bond donors (Lipinski definition) is 3. The second kappa shape index (κ2) is 9.53. The summed E-state index contributed by atoms with van der Waals surface area (Å²) in [5.74, 6) is -0.753. The Bertz CT molecular complexity index is 533. The summed E-state index contributed by atoms with van der Waals surface area (Å²) in [4.78, 5) is 11.4. The van der Waals surface area contributed by atoms with Crippen molar-refractivity contribution in [3.05, 3.63) is 47.5 Å². The highest BCUT2D eigenvalue weighted by Crippen LogP contribution is 2.10. The second-order valence-electron chi connectivity index (χ2n) is 4.80. The zero-order valence-electron chi connectivity index (χ0n) is 12.4. The van der Waals surface area contributed by atoms with Gasteiger partial charge < -0.3 is 5.73 Å². The van der Waals surface area contributed by atoms with E-state index in [1.54, 1.807) is 6.08 Å². The molecule has 0 aliphatic carbocycles. The fraction of sp³-hybridized carbons (Fsp3) is 0.294. The number of nitrogens with two attached hydrogens (primary N) is 1. The Labute approximate surface area is 126 Å². The maximum Gasteiger partial charge on any atom is 0.250 e. The van der Waals surface area contributed by atoms with Gasteiger partial charge in [0.05, 0.1) is 0 Å². The van der Waals surface area contributed by atoms with E-state index in [-0.39, 0.29) is 5.96 Å². The molecule has 0 saturated heterocycles. The lowest BCUT2D eigenvalue weighted by Crippen LogP contribution is -2.34. The zero-order chi connectivity index (χ0) is 15.5. The summed E-state index contributed by atoms with van der Waals surface area (Å²) in [6.07, 6.45) is 12.2. The van der Waals surface area contributed by atoms with Crippen LogP contribution in [0.1, 0.15) is 43.7 Å². The van der Waals surface area contributed by atoms with Crippen molar-refractivity contribution < 1.29 is 4.79 Å². The van der Waals surface area contributed by atoms with Crippen LogP contribution in [-0.4, -0.2) is 11.9 Å². The third-order valence-electron chi connectivity index (χ3n) is 2.88. The molecule has 0 fully saturated rings. The maximum atomic E-state index is 11.4. The van der Waals surface area contributed by atoms with E-state index < -0.39 is 5.91 Å². The van der Waals surface area contributed by atoms with Crippen molar-refractivity contribution in [3.8, 4) is 0 Å². The van der Waals surface area contributed by atoms with E-state index in [1.165, 1.54) is 25.3 Å². The van der Waals surface area contributed by atoms with Crippen molar-refractivity contribution >= 4 is 24.0 Å². The maximum absolute atomic E-state index is 11.4. The summed E-state index contributed by atoms with van der Waals surface area (Å²) in [7, 11) is 0. The van der Waals surface area contributed by atoms with Gasteiger partial charge in [0.2, 0.25) is 0 Å². The predicted octanol–water partition coefficient (Wildman–Crippen LogP) is 3.30. The van der Waals surface area contributed by atoms with E-state index in [0.29, 0.717) is 0 Å². The van der Waals surface area contributed by atoms with Gasteiger partial charge in [-0.1, -0.05) is 50.1 Å². The molecule has 0 bridgehead atoms. The average Bonchev–Trinajstić information content (AvgIpc) is 2.45. The Morgan fingerprint density at radius 1 is 1.29 bits per heavy atom. The number of rotatable bonds is 7. The standard InChI is InChI=1S/C17H23N3O/c1-2-3-4-5-6-8-14-9-7-10-15(13-14)11-12-16(21)20-17(18)19/h6-13H,2-5H2,1H3,(H4,18,19,20,21)/b8-6+,12-11+. The van der Waals surface area contributed by atoms with Crippen molar-refractivity contribution in [2.45, 2.75) is 32.6 Å². The minimum Gasteiger partial charge on any atom is -0.370 e. The minimum atomic E-state index is -0.400. The van der Waals surface area contributed by atoms with Crippen LogP contribution in [0.3, 0.4) is 0 Å². The van der Waals surface area contributed by atoms with Gasteiger partial charge in [-0.25, -0.2) is 0 Å². The topological polar surface area (TPSA) is 79.0 Å². The van der Waals surface area contributed by atoms with Gasteiger partial charge in [0, 0.05) is 6.08 Å². The van der Waals surface area contributed by atoms with Crippen LogP contribution in [0.5, 0.6) is 0 Å². The van der Waals surface area contributed by atoms with Crippen molar-refractivity contribution in [1.82, 2.24) is 5.32 Å². The Morgan fingerprint density at radius 3 is 2.67 bits per heavy atom. The van der Waals surface area contributed by atoms with Gasteiger partial charge in [0.15, 0.2) is 5.96 Å². The first-order valence-electron chi connectivity index (χ1n) is 7.21. The quantitative estimate of drug-likeness (QED) is 0.311. The van der Waals surface area contributed by atoms with E-state index in [9.17, 15) is 4.79 Å². The SMILES string of the molecule is CCCCC/C=C/c1cccc(/C=C/C(=O)NC(=N)N)c1. The van der Waals surface area contributed by atoms with E-state index in [2.05, 4.69) is 24.4 Å². The number of guanidine groups is 1. The number of nitrogens with one attached hydrogen (secondary N) is 2. The number of carbonyl (C=O) groups excluding carboxylic acids is 1. The van der Waals surface area contributed by atoms with Crippen molar-refractivity contribution in [2.24, 2.45) is 5.73 Å². The number of unbranched alkanes of at least 4 members (excludes halogenated alkanes) is 3. The van der Waals surface area contributed by atoms with Crippen LogP contribution < -0.4 is 11.1 Å². The van der Waals surface area contributed by atoms with Gasteiger partial charge in [-0.05, 0) is 36.1 Å². The van der Waals surface area contributed by atoms with Crippen LogP contribution >= 0.6 is 0 Å². The summed E-state index contributed by atoms with van der Waals surface area (Å²) in [5.41, 5.74) is 7.13. The van der Waals surface area contributed by atoms with E-state index in [1.807, 2.05) is 24.3 Å². The molecule has 1 rings (SSSR count). The number of benzene rings is 1. The van der Waals surface area contributed by atoms with Crippen LogP contribution in [0.15, 0.2) is 36.4 Å². The molecule has 1 aromatic carbocycles. The Morgan fingerprint density at radius 2 is 2.00 bits per heavy atom.